The zero-order chi connectivity index (χ0) is 16.2. The molecule has 0 aliphatic carbocycles. The summed E-state index contributed by atoms with van der Waals surface area (Å²) in [6, 6.07) is 0.115. The highest BCUT2D eigenvalue weighted by Crippen LogP contribution is 2.38. The molecule has 0 radical (unpaired) electrons. The van der Waals surface area contributed by atoms with Gasteiger partial charge in [-0.1, -0.05) is 27.7 Å². The summed E-state index contributed by atoms with van der Waals surface area (Å²) in [7, 11) is 0. The van der Waals surface area contributed by atoms with Crippen molar-refractivity contribution in [1.29, 1.82) is 0 Å². The Morgan fingerprint density at radius 3 is 2.29 bits per heavy atom. The number of rotatable bonds is 7. The van der Waals surface area contributed by atoms with E-state index in [9.17, 15) is 13.2 Å². The van der Waals surface area contributed by atoms with Crippen molar-refractivity contribution in [3.8, 4) is 0 Å². The number of thiazole rings is 1. The molecule has 1 aromatic heterocycles. The van der Waals surface area contributed by atoms with Crippen molar-refractivity contribution in [2.24, 2.45) is 5.92 Å². The molecule has 0 aromatic carbocycles. The number of aromatic nitrogens is 1. The number of nitrogens with zero attached hydrogens (tertiary/aromatic N) is 1. The summed E-state index contributed by atoms with van der Waals surface area (Å²) in [5.41, 5.74) is -0.791. The van der Waals surface area contributed by atoms with Crippen LogP contribution in [0.4, 0.5) is 13.2 Å². The Labute approximate surface area is 127 Å². The maximum Gasteiger partial charge on any atom is 0.434 e. The topological polar surface area (TPSA) is 34.1 Å². The lowest BCUT2D eigenvalue weighted by Gasteiger charge is -2.18. The molecule has 0 fully saturated rings. The summed E-state index contributed by atoms with van der Waals surface area (Å²) >= 11 is 1.09. The fourth-order valence-corrected chi connectivity index (χ4v) is 3.12. The molecule has 0 saturated carbocycles. The first-order valence-corrected chi connectivity index (χ1v) is 7.90. The van der Waals surface area contributed by atoms with Gasteiger partial charge in [0.15, 0.2) is 5.69 Å². The van der Waals surface area contributed by atoms with Gasteiger partial charge < -0.3 is 10.1 Å². The highest BCUT2D eigenvalue weighted by atomic mass is 32.1. The van der Waals surface area contributed by atoms with Crippen molar-refractivity contribution in [2.75, 3.05) is 6.61 Å². The average Bonchev–Trinajstić information content (AvgIpc) is 2.76. The van der Waals surface area contributed by atoms with E-state index < -0.39 is 18.0 Å². The third kappa shape index (κ3) is 5.23. The number of hydrogen-bond acceptors (Lipinski definition) is 4. The molecule has 0 aliphatic rings. The highest BCUT2D eigenvalue weighted by molar-refractivity contribution is 7.11. The molecule has 0 aliphatic heterocycles. The van der Waals surface area contributed by atoms with Gasteiger partial charge in [-0.2, -0.15) is 13.2 Å². The minimum atomic E-state index is -4.43. The van der Waals surface area contributed by atoms with Crippen molar-refractivity contribution in [3.05, 3.63) is 15.6 Å². The standard InChI is InChI=1S/C14H23F3N2OS/c1-6-20-11(8(2)3)13-19-12(14(15,16)17)10(21-13)7-18-9(4)5/h8-9,11,18H,6-7H2,1-5H3. The van der Waals surface area contributed by atoms with Crippen LogP contribution in [0.1, 0.15) is 56.3 Å². The molecule has 1 aromatic rings. The Bertz CT molecular complexity index is 444. The fraction of sp³-hybridized carbons (Fsp3) is 0.786. The molecule has 1 unspecified atom stereocenters. The molecule has 1 N–H and O–H groups in total. The molecule has 0 spiro atoms. The first-order valence-electron chi connectivity index (χ1n) is 7.08. The van der Waals surface area contributed by atoms with Crippen LogP contribution in [-0.2, 0) is 17.5 Å². The smallest absolute Gasteiger partial charge is 0.371 e. The lowest BCUT2D eigenvalue weighted by Crippen LogP contribution is -2.23. The zero-order valence-electron chi connectivity index (χ0n) is 13.0. The molecule has 122 valence electrons. The van der Waals surface area contributed by atoms with Crippen LogP contribution in [0.2, 0.25) is 0 Å². The van der Waals surface area contributed by atoms with Gasteiger partial charge in [-0.15, -0.1) is 11.3 Å². The van der Waals surface area contributed by atoms with E-state index in [1.165, 1.54) is 0 Å². The summed E-state index contributed by atoms with van der Waals surface area (Å²) < 4.78 is 44.9. The average molecular weight is 324 g/mol. The van der Waals surface area contributed by atoms with Gasteiger partial charge in [-0.3, -0.25) is 0 Å². The van der Waals surface area contributed by atoms with Crippen molar-refractivity contribution in [1.82, 2.24) is 10.3 Å². The Morgan fingerprint density at radius 1 is 1.24 bits per heavy atom. The van der Waals surface area contributed by atoms with Gasteiger partial charge in [0, 0.05) is 19.2 Å². The third-order valence-corrected chi connectivity index (χ3v) is 3.97. The van der Waals surface area contributed by atoms with Gasteiger partial charge in [0.1, 0.15) is 11.1 Å². The van der Waals surface area contributed by atoms with E-state index in [1.807, 2.05) is 34.6 Å². The Hall–Kier alpha value is -0.660. The van der Waals surface area contributed by atoms with Crippen molar-refractivity contribution >= 4 is 11.3 Å². The van der Waals surface area contributed by atoms with Gasteiger partial charge in [-0.05, 0) is 12.8 Å². The van der Waals surface area contributed by atoms with Gasteiger partial charge >= 0.3 is 6.18 Å². The van der Waals surface area contributed by atoms with Crippen LogP contribution in [-0.4, -0.2) is 17.6 Å². The Morgan fingerprint density at radius 2 is 1.86 bits per heavy atom. The summed E-state index contributed by atoms with van der Waals surface area (Å²) in [6.45, 7) is 10.1. The van der Waals surface area contributed by atoms with E-state index in [2.05, 4.69) is 10.3 Å². The SMILES string of the molecule is CCOC(c1nc(C(F)(F)F)c(CNC(C)C)s1)C(C)C. The largest absolute Gasteiger partial charge is 0.434 e. The molecular weight excluding hydrogens is 301 g/mol. The number of halogens is 3. The molecule has 1 heterocycles. The molecule has 0 saturated heterocycles. The van der Waals surface area contributed by atoms with E-state index >= 15 is 0 Å². The van der Waals surface area contributed by atoms with Crippen LogP contribution in [0.25, 0.3) is 0 Å². The molecular formula is C14H23F3N2OS. The summed E-state index contributed by atoms with van der Waals surface area (Å²) in [4.78, 5) is 4.05. The second-order valence-corrected chi connectivity index (χ2v) is 6.59. The van der Waals surface area contributed by atoms with Gasteiger partial charge in [-0.25, -0.2) is 4.98 Å². The number of nitrogens with one attached hydrogen (secondary N) is 1. The molecule has 0 amide bonds. The minimum Gasteiger partial charge on any atom is -0.371 e. The van der Waals surface area contributed by atoms with Gasteiger partial charge in [0.05, 0.1) is 4.88 Å². The Balaban J connectivity index is 3.12. The lowest BCUT2D eigenvalue weighted by atomic mass is 10.1. The van der Waals surface area contributed by atoms with Crippen molar-refractivity contribution in [3.63, 3.8) is 0 Å². The van der Waals surface area contributed by atoms with E-state index in [0.29, 0.717) is 11.6 Å². The van der Waals surface area contributed by atoms with Crippen LogP contribution in [0.5, 0.6) is 0 Å². The van der Waals surface area contributed by atoms with Crippen LogP contribution < -0.4 is 5.32 Å². The van der Waals surface area contributed by atoms with Gasteiger partial charge in [0.2, 0.25) is 0 Å². The highest BCUT2D eigenvalue weighted by Gasteiger charge is 2.38. The molecule has 21 heavy (non-hydrogen) atoms. The fourth-order valence-electron chi connectivity index (χ4n) is 1.86. The number of hydrogen-bond donors (Lipinski definition) is 1. The van der Waals surface area contributed by atoms with Crippen LogP contribution in [0, 0.1) is 5.92 Å². The van der Waals surface area contributed by atoms with E-state index in [-0.39, 0.29) is 23.4 Å². The second-order valence-electron chi connectivity index (χ2n) is 5.48. The number of ether oxygens (including phenoxy) is 1. The van der Waals surface area contributed by atoms with Crippen molar-refractivity contribution < 1.29 is 17.9 Å². The molecule has 7 heteroatoms. The van der Waals surface area contributed by atoms with E-state index in [4.69, 9.17) is 4.74 Å². The predicted octanol–water partition coefficient (Wildman–Crippen LogP) is 4.39. The zero-order valence-corrected chi connectivity index (χ0v) is 13.9. The van der Waals surface area contributed by atoms with Crippen LogP contribution >= 0.6 is 11.3 Å². The quantitative estimate of drug-likeness (QED) is 0.807. The third-order valence-electron chi connectivity index (χ3n) is 2.85. The summed E-state index contributed by atoms with van der Waals surface area (Å²) in [6.07, 6.45) is -4.83. The Kier molecular flexibility index (Phi) is 6.62. The predicted molar refractivity (Wildman–Crippen MR) is 78.3 cm³/mol. The maximum absolute atomic E-state index is 13.1. The molecule has 0 bridgehead atoms. The molecule has 1 atom stereocenters. The summed E-state index contributed by atoms with van der Waals surface area (Å²) in [5.74, 6) is 0.0723. The lowest BCUT2D eigenvalue weighted by molar-refractivity contribution is -0.141. The van der Waals surface area contributed by atoms with Crippen LogP contribution in [0.3, 0.4) is 0 Å². The molecule has 1 rings (SSSR count). The van der Waals surface area contributed by atoms with Crippen molar-refractivity contribution in [2.45, 2.75) is 59.5 Å². The van der Waals surface area contributed by atoms with Crippen LogP contribution in [0.15, 0.2) is 0 Å². The molecule has 3 nitrogen and oxygen atoms in total. The number of alkyl halides is 3. The monoisotopic (exact) mass is 324 g/mol. The first-order chi connectivity index (χ1) is 9.66. The van der Waals surface area contributed by atoms with E-state index in [0.717, 1.165) is 11.3 Å². The normalized spacial score (nSPS) is 14.2. The second kappa shape index (κ2) is 7.56. The maximum atomic E-state index is 13.1. The van der Waals surface area contributed by atoms with E-state index in [1.54, 1.807) is 0 Å². The van der Waals surface area contributed by atoms with Gasteiger partial charge in [0.25, 0.3) is 0 Å². The summed E-state index contributed by atoms with van der Waals surface area (Å²) in [5, 5.41) is 3.42. The first kappa shape index (κ1) is 18.4. The minimum absolute atomic E-state index is 0.0723.